The summed E-state index contributed by atoms with van der Waals surface area (Å²) in [5, 5.41) is 9.10. The fourth-order valence-electron chi connectivity index (χ4n) is 2.67. The van der Waals surface area contributed by atoms with E-state index < -0.39 is 5.97 Å². The van der Waals surface area contributed by atoms with E-state index in [1.54, 1.807) is 0 Å². The van der Waals surface area contributed by atoms with Crippen LogP contribution in [0.1, 0.15) is 23.6 Å². The number of carboxylic acids is 1. The van der Waals surface area contributed by atoms with Gasteiger partial charge in [0, 0.05) is 10.5 Å². The number of benzene rings is 1. The quantitative estimate of drug-likeness (QED) is 0.929. The summed E-state index contributed by atoms with van der Waals surface area (Å²) in [6.45, 7) is 2.08. The van der Waals surface area contributed by atoms with Crippen molar-refractivity contribution in [3.8, 4) is 0 Å². The Morgan fingerprint density at radius 1 is 1.50 bits per heavy atom. The molecule has 0 aromatic heterocycles. The first-order chi connectivity index (χ1) is 8.41. The minimum Gasteiger partial charge on any atom is -0.481 e. The molecule has 3 unspecified atom stereocenters. The van der Waals surface area contributed by atoms with Crippen LogP contribution in [0.3, 0.4) is 0 Å². The Balaban J connectivity index is 2.31. The summed E-state index contributed by atoms with van der Waals surface area (Å²) in [6.07, 6.45) is 0.782. The van der Waals surface area contributed by atoms with Gasteiger partial charge in [-0.05, 0) is 56.6 Å². The molecule has 1 aromatic carbocycles. The monoisotopic (exact) mass is 311 g/mol. The van der Waals surface area contributed by atoms with Gasteiger partial charge in [0.25, 0.3) is 0 Å². The molecule has 0 heterocycles. The molecule has 3 nitrogen and oxygen atoms in total. The summed E-state index contributed by atoms with van der Waals surface area (Å²) in [5.41, 5.74) is 2.44. The van der Waals surface area contributed by atoms with Crippen LogP contribution in [0.25, 0.3) is 0 Å². The maximum Gasteiger partial charge on any atom is 0.306 e. The first kappa shape index (κ1) is 13.6. The number of aliphatic carboxylic acids is 1. The largest absolute Gasteiger partial charge is 0.481 e. The average molecular weight is 312 g/mol. The highest BCUT2D eigenvalue weighted by atomic mass is 79.9. The molecule has 0 aliphatic heterocycles. The molecule has 1 fully saturated rings. The molecule has 18 heavy (non-hydrogen) atoms. The molecule has 1 saturated carbocycles. The van der Waals surface area contributed by atoms with Crippen molar-refractivity contribution in [3.05, 3.63) is 33.8 Å². The second-order valence-corrected chi connectivity index (χ2v) is 6.17. The van der Waals surface area contributed by atoms with E-state index in [2.05, 4.69) is 39.9 Å². The number of halogens is 1. The Hall–Kier alpha value is -0.870. The van der Waals surface area contributed by atoms with Crippen molar-refractivity contribution in [1.82, 2.24) is 4.90 Å². The van der Waals surface area contributed by atoms with Crippen molar-refractivity contribution in [2.75, 3.05) is 14.1 Å². The Morgan fingerprint density at radius 3 is 2.67 bits per heavy atom. The first-order valence-corrected chi connectivity index (χ1v) is 6.86. The van der Waals surface area contributed by atoms with Gasteiger partial charge >= 0.3 is 5.97 Å². The van der Waals surface area contributed by atoms with E-state index in [4.69, 9.17) is 5.11 Å². The summed E-state index contributed by atoms with van der Waals surface area (Å²) >= 11 is 3.49. The van der Waals surface area contributed by atoms with Crippen molar-refractivity contribution in [2.45, 2.75) is 19.4 Å². The molecule has 0 bridgehead atoms. The predicted octanol–water partition coefficient (Wildman–Crippen LogP) is 3.08. The Kier molecular flexibility index (Phi) is 3.78. The highest BCUT2D eigenvalue weighted by molar-refractivity contribution is 9.10. The molecule has 2 rings (SSSR count). The minimum atomic E-state index is -0.667. The fraction of sp³-hybridized carbons (Fsp3) is 0.500. The van der Waals surface area contributed by atoms with Crippen LogP contribution in [0.2, 0.25) is 0 Å². The number of aryl methyl sites for hydroxylation is 1. The lowest BCUT2D eigenvalue weighted by molar-refractivity contribution is -0.139. The van der Waals surface area contributed by atoms with E-state index in [1.807, 2.05) is 20.2 Å². The van der Waals surface area contributed by atoms with Crippen molar-refractivity contribution in [1.29, 1.82) is 0 Å². The highest BCUT2D eigenvalue weighted by Crippen LogP contribution is 2.50. The van der Waals surface area contributed by atoms with Gasteiger partial charge < -0.3 is 10.0 Å². The number of carbonyl (C=O) groups is 1. The third kappa shape index (κ3) is 2.59. The summed E-state index contributed by atoms with van der Waals surface area (Å²) in [7, 11) is 4.03. The van der Waals surface area contributed by atoms with Gasteiger partial charge in [-0.3, -0.25) is 4.79 Å². The number of nitrogens with zero attached hydrogens (tertiary/aromatic N) is 1. The maximum atomic E-state index is 11.1. The Labute approximate surface area is 116 Å². The van der Waals surface area contributed by atoms with Crippen LogP contribution in [0.15, 0.2) is 22.7 Å². The van der Waals surface area contributed by atoms with Crippen molar-refractivity contribution >= 4 is 21.9 Å². The van der Waals surface area contributed by atoms with Gasteiger partial charge in [0.2, 0.25) is 0 Å². The Morgan fingerprint density at radius 2 is 2.17 bits per heavy atom. The van der Waals surface area contributed by atoms with E-state index in [9.17, 15) is 4.79 Å². The zero-order valence-corrected chi connectivity index (χ0v) is 12.4. The third-order valence-electron chi connectivity index (χ3n) is 3.68. The van der Waals surface area contributed by atoms with E-state index in [0.29, 0.717) is 0 Å². The van der Waals surface area contributed by atoms with Crippen LogP contribution in [0.4, 0.5) is 0 Å². The molecule has 0 saturated heterocycles. The average Bonchev–Trinajstić information content (AvgIpc) is 3.03. The molecule has 0 spiro atoms. The van der Waals surface area contributed by atoms with Gasteiger partial charge in [-0.1, -0.05) is 22.0 Å². The summed E-state index contributed by atoms with van der Waals surface area (Å²) in [5.74, 6) is -0.624. The van der Waals surface area contributed by atoms with Crippen LogP contribution in [0, 0.1) is 18.8 Å². The molecule has 1 aliphatic rings. The van der Waals surface area contributed by atoms with E-state index in [0.717, 1.165) is 10.9 Å². The second-order valence-electron chi connectivity index (χ2n) is 5.25. The van der Waals surface area contributed by atoms with Crippen LogP contribution < -0.4 is 0 Å². The third-order valence-corrected chi connectivity index (χ3v) is 4.17. The Bertz CT molecular complexity index is 473. The number of rotatable bonds is 4. The summed E-state index contributed by atoms with van der Waals surface area (Å²) < 4.78 is 1.04. The zero-order chi connectivity index (χ0) is 13.4. The van der Waals surface area contributed by atoms with Crippen molar-refractivity contribution in [2.24, 2.45) is 11.8 Å². The molecule has 98 valence electrons. The van der Waals surface area contributed by atoms with Gasteiger partial charge in [-0.2, -0.15) is 0 Å². The molecule has 1 aliphatic carbocycles. The number of carboxylic acid groups (broad SMARTS) is 1. The molecule has 0 radical (unpaired) electrons. The lowest BCUT2D eigenvalue weighted by Crippen LogP contribution is -2.24. The molecular formula is C14H18BrNO2. The van der Waals surface area contributed by atoms with E-state index in [1.165, 1.54) is 11.1 Å². The van der Waals surface area contributed by atoms with Gasteiger partial charge in [-0.15, -0.1) is 0 Å². The molecule has 1 N–H and O–H groups in total. The van der Waals surface area contributed by atoms with Crippen molar-refractivity contribution in [3.63, 3.8) is 0 Å². The van der Waals surface area contributed by atoms with Gasteiger partial charge in [0.1, 0.15) is 0 Å². The summed E-state index contributed by atoms with van der Waals surface area (Å²) in [4.78, 5) is 13.2. The van der Waals surface area contributed by atoms with Gasteiger partial charge in [0.05, 0.1) is 5.92 Å². The molecular weight excluding hydrogens is 294 g/mol. The lowest BCUT2D eigenvalue weighted by Gasteiger charge is -2.26. The highest BCUT2D eigenvalue weighted by Gasteiger charge is 2.49. The van der Waals surface area contributed by atoms with E-state index in [-0.39, 0.29) is 17.9 Å². The van der Waals surface area contributed by atoms with Crippen LogP contribution in [0.5, 0.6) is 0 Å². The predicted molar refractivity (Wildman–Crippen MR) is 74.5 cm³/mol. The first-order valence-electron chi connectivity index (χ1n) is 6.07. The molecule has 1 aromatic rings. The van der Waals surface area contributed by atoms with E-state index >= 15 is 0 Å². The summed E-state index contributed by atoms with van der Waals surface area (Å²) in [6, 6.07) is 6.39. The number of hydrogen-bond donors (Lipinski definition) is 1. The maximum absolute atomic E-state index is 11.1. The minimum absolute atomic E-state index is 0.184. The SMILES string of the molecule is Cc1ccc(Br)cc1C(C1CC1C(=O)O)N(C)C. The topological polar surface area (TPSA) is 40.5 Å². The van der Waals surface area contributed by atoms with Crippen LogP contribution in [-0.2, 0) is 4.79 Å². The van der Waals surface area contributed by atoms with Crippen LogP contribution in [-0.4, -0.2) is 30.1 Å². The van der Waals surface area contributed by atoms with Gasteiger partial charge in [-0.25, -0.2) is 0 Å². The number of hydrogen-bond acceptors (Lipinski definition) is 2. The zero-order valence-electron chi connectivity index (χ0n) is 10.9. The molecule has 0 amide bonds. The second kappa shape index (κ2) is 5.02. The lowest BCUT2D eigenvalue weighted by atomic mass is 9.96. The normalized spacial score (nSPS) is 24.1. The standard InChI is InChI=1S/C14H18BrNO2/c1-8-4-5-9(15)6-10(8)13(16(2)3)11-7-12(11)14(17)18/h4-6,11-13H,7H2,1-3H3,(H,17,18). The molecule has 4 heteroatoms. The molecule has 3 atom stereocenters. The van der Waals surface area contributed by atoms with Crippen LogP contribution >= 0.6 is 15.9 Å². The fourth-order valence-corrected chi connectivity index (χ4v) is 3.05. The van der Waals surface area contributed by atoms with Crippen molar-refractivity contribution < 1.29 is 9.90 Å². The smallest absolute Gasteiger partial charge is 0.306 e. The van der Waals surface area contributed by atoms with Gasteiger partial charge in [0.15, 0.2) is 0 Å².